The van der Waals surface area contributed by atoms with Crippen molar-refractivity contribution in [2.75, 3.05) is 37.6 Å². The molecule has 1 N–H and O–H groups in total. The predicted molar refractivity (Wildman–Crippen MR) is 84.6 cm³/mol. The number of aromatic nitrogens is 1. The number of rotatable bonds is 4. The van der Waals surface area contributed by atoms with Gasteiger partial charge in [0.15, 0.2) is 0 Å². The minimum atomic E-state index is -4.27. The number of halogens is 3. The Bertz CT molecular complexity index is 614. The highest BCUT2D eigenvalue weighted by atomic mass is 19.4. The molecule has 0 unspecified atom stereocenters. The molecular formula is C17H20F3N3. The fourth-order valence-corrected chi connectivity index (χ4v) is 3.03. The Morgan fingerprint density at radius 1 is 1.00 bits per heavy atom. The van der Waals surface area contributed by atoms with Crippen molar-refractivity contribution < 1.29 is 13.2 Å². The van der Waals surface area contributed by atoms with Gasteiger partial charge in [-0.1, -0.05) is 18.2 Å². The largest absolute Gasteiger partial charge is 0.416 e. The van der Waals surface area contributed by atoms with Crippen molar-refractivity contribution in [1.29, 1.82) is 0 Å². The highest BCUT2D eigenvalue weighted by Crippen LogP contribution is 2.32. The van der Waals surface area contributed by atoms with Crippen LogP contribution < -0.4 is 4.90 Å². The molecule has 1 aromatic heterocycles. The van der Waals surface area contributed by atoms with E-state index in [2.05, 4.69) is 14.8 Å². The van der Waals surface area contributed by atoms with Gasteiger partial charge in [0, 0.05) is 45.1 Å². The van der Waals surface area contributed by atoms with Crippen molar-refractivity contribution in [3.05, 3.63) is 53.9 Å². The normalized spacial score (nSPS) is 16.7. The Morgan fingerprint density at radius 3 is 2.39 bits per heavy atom. The van der Waals surface area contributed by atoms with Gasteiger partial charge in [0.05, 0.1) is 11.3 Å². The Balaban J connectivity index is 1.54. The maximum Gasteiger partial charge on any atom is 0.416 e. The van der Waals surface area contributed by atoms with E-state index in [9.17, 15) is 13.2 Å². The zero-order valence-corrected chi connectivity index (χ0v) is 12.8. The minimum Gasteiger partial charge on any atom is -0.368 e. The summed E-state index contributed by atoms with van der Waals surface area (Å²) in [5, 5.41) is 0. The van der Waals surface area contributed by atoms with Gasteiger partial charge in [-0.2, -0.15) is 13.2 Å². The fourth-order valence-electron chi connectivity index (χ4n) is 3.03. The second-order valence-corrected chi connectivity index (χ2v) is 5.80. The van der Waals surface area contributed by atoms with Crippen molar-refractivity contribution in [2.45, 2.75) is 12.6 Å². The van der Waals surface area contributed by atoms with E-state index in [0.29, 0.717) is 18.5 Å². The first kappa shape index (κ1) is 15.9. The maximum absolute atomic E-state index is 13.0. The summed E-state index contributed by atoms with van der Waals surface area (Å²) in [5.41, 5.74) is 1.05. The van der Waals surface area contributed by atoms with Crippen molar-refractivity contribution in [2.24, 2.45) is 0 Å². The number of nitrogens with zero attached hydrogens (tertiary/aromatic N) is 2. The average Bonchev–Trinajstić information content (AvgIpc) is 3.07. The summed E-state index contributed by atoms with van der Waals surface area (Å²) >= 11 is 0. The predicted octanol–water partition coefficient (Wildman–Crippen LogP) is 3.40. The third-order valence-corrected chi connectivity index (χ3v) is 4.34. The Hall–Kier alpha value is -1.95. The van der Waals surface area contributed by atoms with Gasteiger partial charge >= 0.3 is 6.18 Å². The molecule has 0 spiro atoms. The third kappa shape index (κ3) is 3.88. The van der Waals surface area contributed by atoms with Gasteiger partial charge in [-0.3, -0.25) is 4.90 Å². The van der Waals surface area contributed by atoms with Gasteiger partial charge in [0.2, 0.25) is 0 Å². The zero-order chi connectivity index (χ0) is 16.3. The fraction of sp³-hybridized carbons (Fsp3) is 0.412. The second kappa shape index (κ2) is 6.66. The number of nitrogens with one attached hydrogen (secondary N) is 1. The van der Waals surface area contributed by atoms with Gasteiger partial charge in [0.25, 0.3) is 0 Å². The van der Waals surface area contributed by atoms with Crippen LogP contribution in [0.25, 0.3) is 0 Å². The molecule has 3 rings (SSSR count). The summed E-state index contributed by atoms with van der Waals surface area (Å²) in [6, 6.07) is 7.91. The Kier molecular flexibility index (Phi) is 4.61. The number of hydrogen-bond acceptors (Lipinski definition) is 2. The Labute approximate surface area is 133 Å². The van der Waals surface area contributed by atoms with Crippen LogP contribution in [-0.4, -0.2) is 42.6 Å². The molecular weight excluding hydrogens is 303 g/mol. The molecule has 124 valence electrons. The van der Waals surface area contributed by atoms with Crippen LogP contribution in [0.2, 0.25) is 0 Å². The second-order valence-electron chi connectivity index (χ2n) is 5.80. The van der Waals surface area contributed by atoms with E-state index in [4.69, 9.17) is 0 Å². The summed E-state index contributed by atoms with van der Waals surface area (Å²) in [4.78, 5) is 7.56. The number of H-pyrrole nitrogens is 1. The third-order valence-electron chi connectivity index (χ3n) is 4.34. The van der Waals surface area contributed by atoms with E-state index in [1.807, 2.05) is 18.5 Å². The summed E-state index contributed by atoms with van der Waals surface area (Å²) < 4.78 is 39.0. The minimum absolute atomic E-state index is 0.382. The van der Waals surface area contributed by atoms with Crippen LogP contribution >= 0.6 is 0 Å². The van der Waals surface area contributed by atoms with Gasteiger partial charge < -0.3 is 9.88 Å². The first-order chi connectivity index (χ1) is 11.0. The van der Waals surface area contributed by atoms with Crippen LogP contribution in [0.3, 0.4) is 0 Å². The number of anilines is 1. The monoisotopic (exact) mass is 323 g/mol. The highest BCUT2D eigenvalue weighted by Gasteiger charge is 2.32. The standard InChI is InChI=1S/C17H20F3N3/c18-17(19,20)16-4-2-1-3-14(16)6-8-22-9-11-23(12-10-22)15-5-7-21-13-15/h1-5,7,13,21H,6,8-12H2. The summed E-state index contributed by atoms with van der Waals surface area (Å²) in [6.45, 7) is 4.21. The highest BCUT2D eigenvalue weighted by molar-refractivity contribution is 5.44. The molecule has 1 fully saturated rings. The van der Waals surface area contributed by atoms with Crippen LogP contribution in [0.5, 0.6) is 0 Å². The molecule has 6 heteroatoms. The number of aromatic amines is 1. The topological polar surface area (TPSA) is 22.3 Å². The lowest BCUT2D eigenvalue weighted by Gasteiger charge is -2.35. The van der Waals surface area contributed by atoms with Crippen molar-refractivity contribution in [1.82, 2.24) is 9.88 Å². The van der Waals surface area contributed by atoms with E-state index in [0.717, 1.165) is 26.2 Å². The Morgan fingerprint density at radius 2 is 1.74 bits per heavy atom. The SMILES string of the molecule is FC(F)(F)c1ccccc1CCN1CCN(c2cc[nH]c2)CC1. The molecule has 0 aliphatic carbocycles. The first-order valence-corrected chi connectivity index (χ1v) is 7.79. The molecule has 23 heavy (non-hydrogen) atoms. The number of alkyl halides is 3. The molecule has 0 atom stereocenters. The van der Waals surface area contributed by atoms with Gasteiger partial charge in [-0.05, 0) is 24.1 Å². The van der Waals surface area contributed by atoms with Crippen molar-refractivity contribution in [3.63, 3.8) is 0 Å². The molecule has 1 aromatic carbocycles. The zero-order valence-electron chi connectivity index (χ0n) is 12.8. The maximum atomic E-state index is 13.0. The smallest absolute Gasteiger partial charge is 0.368 e. The van der Waals surface area contributed by atoms with E-state index < -0.39 is 11.7 Å². The van der Waals surface area contributed by atoms with E-state index >= 15 is 0 Å². The van der Waals surface area contributed by atoms with Crippen LogP contribution in [-0.2, 0) is 12.6 Å². The van der Waals surface area contributed by atoms with Crippen molar-refractivity contribution >= 4 is 5.69 Å². The van der Waals surface area contributed by atoms with E-state index in [1.165, 1.54) is 17.8 Å². The summed E-state index contributed by atoms with van der Waals surface area (Å²) in [6.07, 6.45) is 0.0222. The number of benzene rings is 1. The molecule has 1 aliphatic rings. The molecule has 0 saturated carbocycles. The lowest BCUT2D eigenvalue weighted by atomic mass is 10.0. The molecule has 1 saturated heterocycles. The lowest BCUT2D eigenvalue weighted by Crippen LogP contribution is -2.46. The molecule has 3 nitrogen and oxygen atoms in total. The molecule has 2 heterocycles. The van der Waals surface area contributed by atoms with E-state index in [-0.39, 0.29) is 0 Å². The molecule has 0 bridgehead atoms. The summed E-state index contributed by atoms with van der Waals surface area (Å²) in [7, 11) is 0. The molecule has 0 amide bonds. The van der Waals surface area contributed by atoms with Crippen LogP contribution in [0.4, 0.5) is 18.9 Å². The first-order valence-electron chi connectivity index (χ1n) is 7.79. The van der Waals surface area contributed by atoms with Crippen LogP contribution in [0.15, 0.2) is 42.7 Å². The summed E-state index contributed by atoms with van der Waals surface area (Å²) in [5.74, 6) is 0. The van der Waals surface area contributed by atoms with Gasteiger partial charge in [-0.15, -0.1) is 0 Å². The quantitative estimate of drug-likeness (QED) is 0.932. The van der Waals surface area contributed by atoms with Crippen LogP contribution in [0.1, 0.15) is 11.1 Å². The van der Waals surface area contributed by atoms with Crippen LogP contribution in [0, 0.1) is 0 Å². The molecule has 0 radical (unpaired) electrons. The number of hydrogen-bond donors (Lipinski definition) is 1. The molecule has 2 aromatic rings. The van der Waals surface area contributed by atoms with Gasteiger partial charge in [0.1, 0.15) is 0 Å². The lowest BCUT2D eigenvalue weighted by molar-refractivity contribution is -0.138. The average molecular weight is 323 g/mol. The van der Waals surface area contributed by atoms with Gasteiger partial charge in [-0.25, -0.2) is 0 Å². The van der Waals surface area contributed by atoms with E-state index in [1.54, 1.807) is 12.1 Å². The number of piperazine rings is 1. The van der Waals surface area contributed by atoms with Crippen molar-refractivity contribution in [3.8, 4) is 0 Å². The molecule has 1 aliphatic heterocycles.